The summed E-state index contributed by atoms with van der Waals surface area (Å²) in [6.07, 6.45) is 3.91. The third-order valence-electron chi connectivity index (χ3n) is 4.17. The number of halogens is 1. The lowest BCUT2D eigenvalue weighted by atomic mass is 10.1. The van der Waals surface area contributed by atoms with Crippen LogP contribution in [0.5, 0.6) is 0 Å². The first-order valence-electron chi connectivity index (χ1n) is 8.25. The van der Waals surface area contributed by atoms with Crippen molar-refractivity contribution in [3.8, 4) is 11.3 Å². The Labute approximate surface area is 162 Å². The summed E-state index contributed by atoms with van der Waals surface area (Å²) >= 11 is 6.00. The second kappa shape index (κ2) is 6.72. The van der Waals surface area contributed by atoms with Crippen LogP contribution in [0.25, 0.3) is 16.9 Å². The molecule has 7 heteroatoms. The molecule has 0 spiro atoms. The maximum absolute atomic E-state index is 12.5. The Kier molecular flexibility index (Phi) is 4.37. The molecule has 136 valence electrons. The summed E-state index contributed by atoms with van der Waals surface area (Å²) in [4.78, 5) is 4.66. The number of benzene rings is 2. The van der Waals surface area contributed by atoms with Gasteiger partial charge < -0.3 is 4.40 Å². The fraction of sp³-hybridized carbons (Fsp3) is 0.0500. The molecule has 0 radical (unpaired) electrons. The molecule has 4 rings (SSSR count). The van der Waals surface area contributed by atoms with Crippen molar-refractivity contribution in [2.24, 2.45) is 0 Å². The largest absolute Gasteiger partial charge is 0.306 e. The molecule has 0 amide bonds. The number of aromatic nitrogens is 2. The van der Waals surface area contributed by atoms with E-state index >= 15 is 0 Å². The molecular weight excluding hydrogens is 382 g/mol. The van der Waals surface area contributed by atoms with Crippen molar-refractivity contribution in [1.82, 2.24) is 9.38 Å². The van der Waals surface area contributed by atoms with Gasteiger partial charge in [0, 0.05) is 23.6 Å². The Morgan fingerprint density at radius 1 is 1.04 bits per heavy atom. The SMILES string of the molecule is Cc1ccn2cc(-c3ccc(NS(=O)(=O)c4ccccc4Cl)cc3)nc2c1. The van der Waals surface area contributed by atoms with E-state index in [1.54, 1.807) is 30.3 Å². The topological polar surface area (TPSA) is 63.5 Å². The quantitative estimate of drug-likeness (QED) is 0.539. The number of fused-ring (bicyclic) bond motifs is 1. The third-order valence-corrected chi connectivity index (χ3v) is 6.06. The van der Waals surface area contributed by atoms with Crippen molar-refractivity contribution in [2.45, 2.75) is 11.8 Å². The summed E-state index contributed by atoms with van der Waals surface area (Å²) < 4.78 is 29.5. The second-order valence-corrected chi connectivity index (χ2v) is 8.27. The zero-order valence-corrected chi connectivity index (χ0v) is 16.0. The standard InChI is InChI=1S/C20H16ClN3O2S/c1-14-10-11-24-13-18(22-20(24)12-14)15-6-8-16(9-7-15)23-27(25,26)19-5-3-2-4-17(19)21/h2-13,23H,1H3. The normalized spacial score (nSPS) is 11.6. The molecule has 0 saturated carbocycles. The van der Waals surface area contributed by atoms with Gasteiger partial charge in [-0.15, -0.1) is 0 Å². The predicted molar refractivity (Wildman–Crippen MR) is 108 cm³/mol. The number of nitrogens with zero attached hydrogens (tertiary/aromatic N) is 2. The molecule has 0 aliphatic heterocycles. The van der Waals surface area contributed by atoms with E-state index < -0.39 is 10.0 Å². The van der Waals surface area contributed by atoms with Crippen LogP contribution in [-0.4, -0.2) is 17.8 Å². The lowest BCUT2D eigenvalue weighted by molar-refractivity contribution is 0.601. The molecule has 0 aliphatic rings. The number of anilines is 1. The first kappa shape index (κ1) is 17.6. The van der Waals surface area contributed by atoms with E-state index in [0.717, 1.165) is 22.5 Å². The number of hydrogen-bond acceptors (Lipinski definition) is 3. The lowest BCUT2D eigenvalue weighted by Crippen LogP contribution is -2.13. The molecule has 0 bridgehead atoms. The van der Waals surface area contributed by atoms with Gasteiger partial charge in [0.15, 0.2) is 0 Å². The highest BCUT2D eigenvalue weighted by atomic mass is 35.5. The molecule has 0 saturated heterocycles. The highest BCUT2D eigenvalue weighted by molar-refractivity contribution is 7.92. The van der Waals surface area contributed by atoms with Crippen LogP contribution in [0.2, 0.25) is 5.02 Å². The highest BCUT2D eigenvalue weighted by Crippen LogP contribution is 2.25. The van der Waals surface area contributed by atoms with Gasteiger partial charge in [-0.05, 0) is 48.9 Å². The van der Waals surface area contributed by atoms with Gasteiger partial charge in [0.1, 0.15) is 10.5 Å². The zero-order chi connectivity index (χ0) is 19.0. The number of pyridine rings is 1. The fourth-order valence-electron chi connectivity index (χ4n) is 2.80. The number of aryl methyl sites for hydroxylation is 1. The van der Waals surface area contributed by atoms with E-state index in [2.05, 4.69) is 9.71 Å². The van der Waals surface area contributed by atoms with Crippen LogP contribution in [0.15, 0.2) is 78.0 Å². The Morgan fingerprint density at radius 3 is 2.52 bits per heavy atom. The van der Waals surface area contributed by atoms with Crippen LogP contribution >= 0.6 is 11.6 Å². The van der Waals surface area contributed by atoms with E-state index in [-0.39, 0.29) is 9.92 Å². The average Bonchev–Trinajstić information content (AvgIpc) is 3.05. The molecule has 27 heavy (non-hydrogen) atoms. The number of sulfonamides is 1. The van der Waals surface area contributed by atoms with E-state index in [0.29, 0.717) is 5.69 Å². The molecule has 4 aromatic rings. The van der Waals surface area contributed by atoms with Crippen molar-refractivity contribution in [3.63, 3.8) is 0 Å². The number of imidazole rings is 1. The molecule has 0 fully saturated rings. The summed E-state index contributed by atoms with van der Waals surface area (Å²) in [5.41, 5.74) is 4.19. The van der Waals surface area contributed by atoms with Gasteiger partial charge in [-0.25, -0.2) is 13.4 Å². The van der Waals surface area contributed by atoms with Crippen molar-refractivity contribution in [1.29, 1.82) is 0 Å². The smallest absolute Gasteiger partial charge is 0.263 e. The summed E-state index contributed by atoms with van der Waals surface area (Å²) in [6.45, 7) is 2.02. The highest BCUT2D eigenvalue weighted by Gasteiger charge is 2.17. The summed E-state index contributed by atoms with van der Waals surface area (Å²) in [7, 11) is -3.75. The zero-order valence-electron chi connectivity index (χ0n) is 14.4. The first-order chi connectivity index (χ1) is 12.9. The molecule has 0 atom stereocenters. The maximum Gasteiger partial charge on any atom is 0.263 e. The van der Waals surface area contributed by atoms with Crippen molar-refractivity contribution >= 4 is 33.0 Å². The minimum Gasteiger partial charge on any atom is -0.306 e. The minimum atomic E-state index is -3.75. The summed E-state index contributed by atoms with van der Waals surface area (Å²) in [5.74, 6) is 0. The Hall–Kier alpha value is -2.83. The van der Waals surface area contributed by atoms with Gasteiger partial charge >= 0.3 is 0 Å². The molecule has 2 aromatic heterocycles. The molecule has 0 unspecified atom stereocenters. The van der Waals surface area contributed by atoms with Crippen LogP contribution in [0, 0.1) is 6.92 Å². The summed E-state index contributed by atoms with van der Waals surface area (Å²) in [6, 6.07) is 17.4. The van der Waals surface area contributed by atoms with Gasteiger partial charge in [-0.1, -0.05) is 35.9 Å². The summed E-state index contributed by atoms with van der Waals surface area (Å²) in [5, 5.41) is 0.182. The number of nitrogens with one attached hydrogen (secondary N) is 1. The lowest BCUT2D eigenvalue weighted by Gasteiger charge is -2.09. The Balaban J connectivity index is 1.61. The average molecular weight is 398 g/mol. The van der Waals surface area contributed by atoms with E-state index in [4.69, 9.17) is 11.6 Å². The van der Waals surface area contributed by atoms with E-state index in [1.165, 1.54) is 6.07 Å². The maximum atomic E-state index is 12.5. The van der Waals surface area contributed by atoms with Gasteiger partial charge in [0.2, 0.25) is 0 Å². The monoisotopic (exact) mass is 397 g/mol. The Morgan fingerprint density at radius 2 is 1.78 bits per heavy atom. The van der Waals surface area contributed by atoms with Crippen molar-refractivity contribution < 1.29 is 8.42 Å². The number of rotatable bonds is 4. The molecule has 5 nitrogen and oxygen atoms in total. The molecule has 1 N–H and O–H groups in total. The van der Waals surface area contributed by atoms with Gasteiger partial charge in [0.25, 0.3) is 10.0 Å². The fourth-order valence-corrected chi connectivity index (χ4v) is 4.38. The van der Waals surface area contributed by atoms with Gasteiger partial charge in [-0.2, -0.15) is 0 Å². The molecular formula is C20H16ClN3O2S. The van der Waals surface area contributed by atoms with Gasteiger partial charge in [0.05, 0.1) is 10.7 Å². The van der Waals surface area contributed by atoms with Crippen LogP contribution in [-0.2, 0) is 10.0 Å². The van der Waals surface area contributed by atoms with Crippen LogP contribution in [0.1, 0.15) is 5.56 Å². The number of hydrogen-bond donors (Lipinski definition) is 1. The van der Waals surface area contributed by atoms with Crippen LogP contribution < -0.4 is 4.72 Å². The van der Waals surface area contributed by atoms with E-state index in [9.17, 15) is 8.42 Å². The second-order valence-electron chi connectivity index (χ2n) is 6.21. The molecule has 2 heterocycles. The van der Waals surface area contributed by atoms with Crippen molar-refractivity contribution in [3.05, 3.63) is 83.6 Å². The predicted octanol–water partition coefficient (Wildman–Crippen LogP) is 4.76. The molecule has 2 aromatic carbocycles. The Bertz CT molecular complexity index is 1230. The van der Waals surface area contributed by atoms with Gasteiger partial charge in [-0.3, -0.25) is 4.72 Å². The molecule has 0 aliphatic carbocycles. The third kappa shape index (κ3) is 3.54. The minimum absolute atomic E-state index is 0.0477. The first-order valence-corrected chi connectivity index (χ1v) is 10.1. The van der Waals surface area contributed by atoms with E-state index in [1.807, 2.05) is 48.0 Å². The van der Waals surface area contributed by atoms with Crippen LogP contribution in [0.4, 0.5) is 5.69 Å². The van der Waals surface area contributed by atoms with Crippen LogP contribution in [0.3, 0.4) is 0 Å². The van der Waals surface area contributed by atoms with Crippen molar-refractivity contribution in [2.75, 3.05) is 4.72 Å².